The van der Waals surface area contributed by atoms with Gasteiger partial charge in [0.25, 0.3) is 0 Å². The highest BCUT2D eigenvalue weighted by molar-refractivity contribution is 6.17. The molecule has 0 aliphatic carbocycles. The average molecular weight is 178 g/mol. The van der Waals surface area contributed by atoms with Crippen molar-refractivity contribution < 1.29 is 0 Å². The van der Waals surface area contributed by atoms with Crippen LogP contribution in [0.2, 0.25) is 0 Å². The van der Waals surface area contributed by atoms with E-state index in [9.17, 15) is 0 Å². The minimum absolute atomic E-state index is 0.613. The van der Waals surface area contributed by atoms with Crippen molar-refractivity contribution in [2.45, 2.75) is 52.1 Å². The molecule has 0 saturated heterocycles. The normalized spacial score (nSPS) is 16.4. The minimum Gasteiger partial charge on any atom is -0.311 e. The third-order valence-corrected chi connectivity index (χ3v) is 2.30. The van der Waals surface area contributed by atoms with E-state index in [2.05, 4.69) is 26.1 Å². The summed E-state index contributed by atoms with van der Waals surface area (Å²) in [6.45, 7) is 6.62. The van der Waals surface area contributed by atoms with Gasteiger partial charge in [0.05, 0.1) is 0 Å². The van der Waals surface area contributed by atoms with E-state index in [0.717, 1.165) is 12.3 Å². The Morgan fingerprint density at radius 1 is 1.27 bits per heavy atom. The lowest BCUT2D eigenvalue weighted by atomic mass is 10.1. The fraction of sp³-hybridized carbons (Fsp3) is 1.00. The van der Waals surface area contributed by atoms with Gasteiger partial charge in [0.2, 0.25) is 0 Å². The summed E-state index contributed by atoms with van der Waals surface area (Å²) in [6.07, 6.45) is 3.46. The quantitative estimate of drug-likeness (QED) is 0.616. The van der Waals surface area contributed by atoms with Crippen molar-refractivity contribution in [3.63, 3.8) is 0 Å². The summed E-state index contributed by atoms with van der Waals surface area (Å²) in [5.74, 6) is 0.766. The second-order valence-electron chi connectivity index (χ2n) is 3.06. The molecule has 1 N–H and O–H groups in total. The van der Waals surface area contributed by atoms with Gasteiger partial charge in [-0.05, 0) is 26.2 Å². The predicted molar refractivity (Wildman–Crippen MR) is 52.3 cm³/mol. The Labute approximate surface area is 75.5 Å². The van der Waals surface area contributed by atoms with E-state index in [-0.39, 0.29) is 0 Å². The van der Waals surface area contributed by atoms with Crippen LogP contribution in [0.3, 0.4) is 0 Å². The molecular weight excluding hydrogens is 158 g/mol. The van der Waals surface area contributed by atoms with Gasteiger partial charge < -0.3 is 5.32 Å². The Kier molecular flexibility index (Phi) is 7.09. The van der Waals surface area contributed by atoms with Crippen molar-refractivity contribution in [2.75, 3.05) is 5.88 Å². The highest BCUT2D eigenvalue weighted by atomic mass is 35.5. The molecule has 0 aromatic heterocycles. The maximum absolute atomic E-state index is 5.66. The van der Waals surface area contributed by atoms with Crippen LogP contribution in [0.1, 0.15) is 40.0 Å². The van der Waals surface area contributed by atoms with Crippen molar-refractivity contribution in [3.05, 3.63) is 0 Å². The standard InChI is InChI=1S/C9H20ClN/c1-4-8(3)11-9(5-2)6-7-10/h8-9,11H,4-7H2,1-3H3. The monoisotopic (exact) mass is 177 g/mol. The third-order valence-electron chi connectivity index (χ3n) is 2.08. The summed E-state index contributed by atoms with van der Waals surface area (Å²) in [5, 5.41) is 3.53. The molecular formula is C9H20ClN. The first kappa shape index (κ1) is 11.2. The summed E-state index contributed by atoms with van der Waals surface area (Å²) in [7, 11) is 0. The van der Waals surface area contributed by atoms with Gasteiger partial charge in [-0.2, -0.15) is 0 Å². The van der Waals surface area contributed by atoms with E-state index < -0.39 is 0 Å². The number of hydrogen-bond acceptors (Lipinski definition) is 1. The molecule has 1 nitrogen and oxygen atoms in total. The predicted octanol–water partition coefficient (Wildman–Crippen LogP) is 2.78. The van der Waals surface area contributed by atoms with Crippen LogP contribution in [-0.2, 0) is 0 Å². The van der Waals surface area contributed by atoms with Crippen molar-refractivity contribution >= 4 is 11.6 Å². The van der Waals surface area contributed by atoms with Crippen LogP contribution in [0.25, 0.3) is 0 Å². The molecule has 0 fully saturated rings. The zero-order chi connectivity index (χ0) is 8.69. The number of rotatable bonds is 6. The zero-order valence-electron chi connectivity index (χ0n) is 7.86. The molecule has 0 saturated carbocycles. The highest BCUT2D eigenvalue weighted by Crippen LogP contribution is 2.02. The fourth-order valence-electron chi connectivity index (χ4n) is 1.06. The van der Waals surface area contributed by atoms with E-state index in [1.165, 1.54) is 12.8 Å². The molecule has 0 bridgehead atoms. The average Bonchev–Trinajstić information content (AvgIpc) is 2.03. The van der Waals surface area contributed by atoms with Gasteiger partial charge in [0, 0.05) is 18.0 Å². The number of nitrogens with one attached hydrogen (secondary N) is 1. The van der Waals surface area contributed by atoms with Gasteiger partial charge in [-0.3, -0.25) is 0 Å². The van der Waals surface area contributed by atoms with Crippen LogP contribution < -0.4 is 5.32 Å². The topological polar surface area (TPSA) is 12.0 Å². The molecule has 0 aliphatic heterocycles. The molecule has 0 spiro atoms. The molecule has 2 atom stereocenters. The van der Waals surface area contributed by atoms with E-state index in [1.54, 1.807) is 0 Å². The molecule has 0 aliphatic rings. The van der Waals surface area contributed by atoms with E-state index in [1.807, 2.05) is 0 Å². The van der Waals surface area contributed by atoms with E-state index in [4.69, 9.17) is 11.6 Å². The number of hydrogen-bond donors (Lipinski definition) is 1. The first-order valence-corrected chi connectivity index (χ1v) is 5.10. The van der Waals surface area contributed by atoms with E-state index >= 15 is 0 Å². The molecule has 11 heavy (non-hydrogen) atoms. The van der Waals surface area contributed by atoms with Crippen LogP contribution in [0.5, 0.6) is 0 Å². The summed E-state index contributed by atoms with van der Waals surface area (Å²) in [5.41, 5.74) is 0. The van der Waals surface area contributed by atoms with Gasteiger partial charge >= 0.3 is 0 Å². The van der Waals surface area contributed by atoms with Crippen LogP contribution in [0.4, 0.5) is 0 Å². The summed E-state index contributed by atoms with van der Waals surface area (Å²) in [4.78, 5) is 0. The second kappa shape index (κ2) is 6.93. The van der Waals surface area contributed by atoms with Crippen molar-refractivity contribution in [1.29, 1.82) is 0 Å². The Balaban J connectivity index is 3.49. The molecule has 0 heterocycles. The SMILES string of the molecule is CCC(C)NC(CC)CCCl. The van der Waals surface area contributed by atoms with Crippen LogP contribution >= 0.6 is 11.6 Å². The number of alkyl halides is 1. The summed E-state index contributed by atoms with van der Waals surface area (Å²) in [6, 6.07) is 1.24. The third kappa shape index (κ3) is 5.51. The van der Waals surface area contributed by atoms with Crippen molar-refractivity contribution in [3.8, 4) is 0 Å². The number of halogens is 1. The fourth-order valence-corrected chi connectivity index (χ4v) is 1.32. The first-order chi connectivity index (χ1) is 5.24. The maximum atomic E-state index is 5.66. The van der Waals surface area contributed by atoms with Gasteiger partial charge in [-0.25, -0.2) is 0 Å². The molecule has 0 aromatic carbocycles. The maximum Gasteiger partial charge on any atom is 0.0238 e. The summed E-state index contributed by atoms with van der Waals surface area (Å²) < 4.78 is 0. The Morgan fingerprint density at radius 2 is 1.91 bits per heavy atom. The van der Waals surface area contributed by atoms with Crippen LogP contribution in [0, 0.1) is 0 Å². The van der Waals surface area contributed by atoms with Crippen LogP contribution in [0.15, 0.2) is 0 Å². The van der Waals surface area contributed by atoms with Crippen LogP contribution in [-0.4, -0.2) is 18.0 Å². The second-order valence-corrected chi connectivity index (χ2v) is 3.44. The lowest BCUT2D eigenvalue weighted by molar-refractivity contribution is 0.418. The molecule has 2 unspecified atom stereocenters. The largest absolute Gasteiger partial charge is 0.311 e. The Bertz CT molecular complexity index is 85.6. The molecule has 0 radical (unpaired) electrons. The first-order valence-electron chi connectivity index (χ1n) is 4.56. The molecule has 0 rings (SSSR count). The van der Waals surface area contributed by atoms with E-state index in [0.29, 0.717) is 12.1 Å². The van der Waals surface area contributed by atoms with Gasteiger partial charge in [-0.15, -0.1) is 11.6 Å². The lowest BCUT2D eigenvalue weighted by Crippen LogP contribution is -2.35. The smallest absolute Gasteiger partial charge is 0.0238 e. The lowest BCUT2D eigenvalue weighted by Gasteiger charge is -2.20. The van der Waals surface area contributed by atoms with Crippen molar-refractivity contribution in [1.82, 2.24) is 5.32 Å². The Hall–Kier alpha value is 0.250. The minimum atomic E-state index is 0.613. The van der Waals surface area contributed by atoms with Crippen molar-refractivity contribution in [2.24, 2.45) is 0 Å². The molecule has 0 aromatic rings. The van der Waals surface area contributed by atoms with Gasteiger partial charge in [0.1, 0.15) is 0 Å². The highest BCUT2D eigenvalue weighted by Gasteiger charge is 2.07. The van der Waals surface area contributed by atoms with Gasteiger partial charge in [0.15, 0.2) is 0 Å². The molecule has 0 amide bonds. The molecule has 2 heteroatoms. The zero-order valence-corrected chi connectivity index (χ0v) is 8.62. The van der Waals surface area contributed by atoms with Gasteiger partial charge in [-0.1, -0.05) is 13.8 Å². The molecule has 68 valence electrons. The summed E-state index contributed by atoms with van der Waals surface area (Å²) >= 11 is 5.66. The Morgan fingerprint density at radius 3 is 2.27 bits per heavy atom.